The first kappa shape index (κ1) is 17.8. The molecule has 1 aliphatic carbocycles. The van der Waals surface area contributed by atoms with Gasteiger partial charge in [-0.3, -0.25) is 4.79 Å². The van der Waals surface area contributed by atoms with Crippen molar-refractivity contribution in [2.24, 2.45) is 11.8 Å². The van der Waals surface area contributed by atoms with Gasteiger partial charge in [0.05, 0.1) is 11.8 Å². The molecule has 0 spiro atoms. The largest absolute Gasteiger partial charge is 0.423 e. The Balaban J connectivity index is 1.93. The molecule has 0 aromatic heterocycles. The van der Waals surface area contributed by atoms with Gasteiger partial charge in [0.2, 0.25) is 0 Å². The number of carbonyl (C=O) groups excluding carboxylic acids is 1. The molecule has 0 amide bonds. The van der Waals surface area contributed by atoms with E-state index in [9.17, 15) is 22.4 Å². The maximum atomic E-state index is 13.9. The fraction of sp³-hybridized carbons (Fsp3) is 0.588. The molecule has 0 aliphatic heterocycles. The van der Waals surface area contributed by atoms with E-state index < -0.39 is 29.8 Å². The van der Waals surface area contributed by atoms with Gasteiger partial charge in [0.15, 0.2) is 11.6 Å². The SMILES string of the molecule is CCCc1ccc(OC(=O)[C@H]2CC[C@H](C(F)(F)F)CC2)c(F)c1. The van der Waals surface area contributed by atoms with Crippen molar-refractivity contribution in [3.8, 4) is 5.75 Å². The van der Waals surface area contributed by atoms with E-state index >= 15 is 0 Å². The number of carbonyl (C=O) groups is 1. The van der Waals surface area contributed by atoms with Gasteiger partial charge in [-0.1, -0.05) is 19.4 Å². The molecule has 0 radical (unpaired) electrons. The summed E-state index contributed by atoms with van der Waals surface area (Å²) in [4.78, 5) is 12.0. The normalized spacial score (nSPS) is 22.0. The number of benzene rings is 1. The Morgan fingerprint density at radius 3 is 2.39 bits per heavy atom. The number of hydrogen-bond acceptors (Lipinski definition) is 2. The van der Waals surface area contributed by atoms with Crippen LogP contribution in [0.3, 0.4) is 0 Å². The van der Waals surface area contributed by atoms with E-state index in [2.05, 4.69) is 0 Å². The molecule has 1 fully saturated rings. The van der Waals surface area contributed by atoms with Crippen LogP contribution in [0, 0.1) is 17.7 Å². The summed E-state index contributed by atoms with van der Waals surface area (Å²) in [6.07, 6.45) is -2.52. The smallest absolute Gasteiger partial charge is 0.391 e. The lowest BCUT2D eigenvalue weighted by atomic mass is 9.82. The number of halogens is 4. The van der Waals surface area contributed by atoms with Gasteiger partial charge in [-0.2, -0.15) is 13.2 Å². The highest BCUT2D eigenvalue weighted by Crippen LogP contribution is 2.40. The number of rotatable bonds is 4. The van der Waals surface area contributed by atoms with Crippen LogP contribution in [-0.2, 0) is 11.2 Å². The molecule has 0 bridgehead atoms. The van der Waals surface area contributed by atoms with Crippen LogP contribution >= 0.6 is 0 Å². The van der Waals surface area contributed by atoms with Gasteiger partial charge in [-0.25, -0.2) is 4.39 Å². The minimum atomic E-state index is -4.21. The molecule has 0 saturated heterocycles. The Morgan fingerprint density at radius 2 is 1.87 bits per heavy atom. The lowest BCUT2D eigenvalue weighted by Gasteiger charge is -2.28. The minimum absolute atomic E-state index is 0.0822. The van der Waals surface area contributed by atoms with E-state index in [0.29, 0.717) is 0 Å². The molecule has 128 valence electrons. The molecule has 0 heterocycles. The van der Waals surface area contributed by atoms with Gasteiger partial charge in [-0.15, -0.1) is 0 Å². The highest BCUT2D eigenvalue weighted by atomic mass is 19.4. The summed E-state index contributed by atoms with van der Waals surface area (Å²) in [6.45, 7) is 1.98. The number of alkyl halides is 3. The van der Waals surface area contributed by atoms with Crippen LogP contribution in [0.2, 0.25) is 0 Å². The molecule has 2 nitrogen and oxygen atoms in total. The number of ether oxygens (including phenoxy) is 1. The van der Waals surface area contributed by atoms with Gasteiger partial charge in [0.25, 0.3) is 0 Å². The Morgan fingerprint density at radius 1 is 1.22 bits per heavy atom. The first-order valence-electron chi connectivity index (χ1n) is 7.88. The van der Waals surface area contributed by atoms with Crippen LogP contribution in [0.4, 0.5) is 17.6 Å². The van der Waals surface area contributed by atoms with Crippen molar-refractivity contribution in [3.63, 3.8) is 0 Å². The third kappa shape index (κ3) is 4.69. The van der Waals surface area contributed by atoms with Crippen molar-refractivity contribution in [2.75, 3.05) is 0 Å². The molecule has 23 heavy (non-hydrogen) atoms. The third-order valence-corrected chi connectivity index (χ3v) is 4.27. The van der Waals surface area contributed by atoms with Crippen molar-refractivity contribution < 1.29 is 27.1 Å². The average molecular weight is 332 g/mol. The van der Waals surface area contributed by atoms with Crippen molar-refractivity contribution in [2.45, 2.75) is 51.6 Å². The molecule has 0 unspecified atom stereocenters. The molecule has 1 aromatic carbocycles. The summed E-state index contributed by atoms with van der Waals surface area (Å²) < 4.78 is 56.7. The van der Waals surface area contributed by atoms with Crippen LogP contribution in [-0.4, -0.2) is 12.1 Å². The van der Waals surface area contributed by atoms with Crippen LogP contribution in [0.15, 0.2) is 18.2 Å². The molecule has 0 N–H and O–H groups in total. The van der Waals surface area contributed by atoms with E-state index in [1.807, 2.05) is 6.92 Å². The zero-order valence-electron chi connectivity index (χ0n) is 13.0. The maximum Gasteiger partial charge on any atom is 0.391 e. The highest BCUT2D eigenvalue weighted by Gasteiger charge is 2.42. The summed E-state index contributed by atoms with van der Waals surface area (Å²) in [5, 5.41) is 0. The summed E-state index contributed by atoms with van der Waals surface area (Å²) in [5.74, 6) is -3.37. The quantitative estimate of drug-likeness (QED) is 0.438. The fourth-order valence-corrected chi connectivity index (χ4v) is 2.92. The standard InChI is InChI=1S/C17H20F4O2/c1-2-3-11-4-9-15(14(18)10-11)23-16(22)12-5-7-13(8-6-12)17(19,20)21/h4,9-10,12-13H,2-3,5-8H2,1H3/t12-,13-. The molecule has 0 atom stereocenters. The minimum Gasteiger partial charge on any atom is -0.423 e. The lowest BCUT2D eigenvalue weighted by Crippen LogP contribution is -2.32. The van der Waals surface area contributed by atoms with Crippen LogP contribution in [0.1, 0.15) is 44.6 Å². The summed E-state index contributed by atoms with van der Waals surface area (Å²) in [7, 11) is 0. The van der Waals surface area contributed by atoms with Crippen molar-refractivity contribution in [3.05, 3.63) is 29.6 Å². The Labute approximate surface area is 132 Å². The summed E-state index contributed by atoms with van der Waals surface area (Å²) in [5.41, 5.74) is 0.815. The predicted molar refractivity (Wildman–Crippen MR) is 77.5 cm³/mol. The molecule has 2 rings (SSSR count). The van der Waals surface area contributed by atoms with Crippen LogP contribution in [0.25, 0.3) is 0 Å². The first-order chi connectivity index (χ1) is 10.8. The predicted octanol–water partition coefficient (Wildman–Crippen LogP) is 5.05. The highest BCUT2D eigenvalue weighted by molar-refractivity contribution is 5.75. The van der Waals surface area contributed by atoms with Gasteiger partial charge >= 0.3 is 12.1 Å². The molecule has 1 saturated carbocycles. The summed E-state index contributed by atoms with van der Waals surface area (Å²) in [6, 6.07) is 4.42. The Hall–Kier alpha value is -1.59. The van der Waals surface area contributed by atoms with E-state index in [4.69, 9.17) is 4.74 Å². The second-order valence-corrected chi connectivity index (χ2v) is 6.03. The molecule has 6 heteroatoms. The molecule has 1 aliphatic rings. The van der Waals surface area contributed by atoms with Crippen molar-refractivity contribution in [1.29, 1.82) is 0 Å². The number of esters is 1. The summed E-state index contributed by atoms with van der Waals surface area (Å²) >= 11 is 0. The second-order valence-electron chi connectivity index (χ2n) is 6.03. The van der Waals surface area contributed by atoms with Crippen LogP contribution in [0.5, 0.6) is 5.75 Å². The third-order valence-electron chi connectivity index (χ3n) is 4.27. The van der Waals surface area contributed by atoms with E-state index in [0.717, 1.165) is 18.4 Å². The topological polar surface area (TPSA) is 26.3 Å². The lowest BCUT2D eigenvalue weighted by molar-refractivity contribution is -0.185. The molecular weight excluding hydrogens is 312 g/mol. The monoisotopic (exact) mass is 332 g/mol. The average Bonchev–Trinajstić information content (AvgIpc) is 2.49. The van der Waals surface area contributed by atoms with Gasteiger partial charge in [0, 0.05) is 0 Å². The van der Waals surface area contributed by atoms with Gasteiger partial charge in [-0.05, 0) is 49.8 Å². The van der Waals surface area contributed by atoms with Crippen molar-refractivity contribution >= 4 is 5.97 Å². The van der Waals surface area contributed by atoms with E-state index in [1.165, 1.54) is 12.1 Å². The zero-order valence-corrected chi connectivity index (χ0v) is 13.0. The maximum absolute atomic E-state index is 13.9. The van der Waals surface area contributed by atoms with E-state index in [-0.39, 0.29) is 31.4 Å². The molecular formula is C17H20F4O2. The Bertz CT molecular complexity index is 546. The van der Waals surface area contributed by atoms with Gasteiger partial charge in [0.1, 0.15) is 0 Å². The number of aryl methyl sites for hydroxylation is 1. The zero-order chi connectivity index (χ0) is 17.0. The van der Waals surface area contributed by atoms with E-state index in [1.54, 1.807) is 6.07 Å². The Kier molecular flexibility index (Phi) is 5.65. The second kappa shape index (κ2) is 7.32. The van der Waals surface area contributed by atoms with Gasteiger partial charge < -0.3 is 4.74 Å². The molecule has 1 aromatic rings. The van der Waals surface area contributed by atoms with Crippen LogP contribution < -0.4 is 4.74 Å². The fourth-order valence-electron chi connectivity index (χ4n) is 2.92. The van der Waals surface area contributed by atoms with Crippen molar-refractivity contribution in [1.82, 2.24) is 0 Å². The number of hydrogen-bond donors (Lipinski definition) is 0. The first-order valence-corrected chi connectivity index (χ1v) is 7.88.